The van der Waals surface area contributed by atoms with Crippen LogP contribution in [0.3, 0.4) is 0 Å². The van der Waals surface area contributed by atoms with Crippen molar-refractivity contribution in [3.63, 3.8) is 0 Å². The minimum Gasteiger partial charge on any atom is -0.382 e. The van der Waals surface area contributed by atoms with E-state index < -0.39 is 5.82 Å². The lowest BCUT2D eigenvalue weighted by Crippen LogP contribution is -2.06. The topological polar surface area (TPSA) is 35.8 Å². The molecule has 0 spiro atoms. The number of hydrogen-bond acceptors (Lipinski definition) is 2. The first-order valence-electron chi connectivity index (χ1n) is 5.88. The third-order valence-electron chi connectivity index (χ3n) is 2.77. The molecule has 4 heteroatoms. The predicted octanol–water partition coefficient (Wildman–Crippen LogP) is 4.11. The van der Waals surface area contributed by atoms with Gasteiger partial charge < -0.3 is 5.32 Å². The van der Waals surface area contributed by atoms with Crippen LogP contribution in [0.4, 0.5) is 10.1 Å². The molecule has 0 aliphatic carbocycles. The summed E-state index contributed by atoms with van der Waals surface area (Å²) in [6.07, 6.45) is 0.817. The first kappa shape index (κ1) is 13.6. The predicted molar refractivity (Wildman–Crippen MR) is 77.5 cm³/mol. The Labute approximate surface area is 120 Å². The average molecular weight is 319 g/mol. The van der Waals surface area contributed by atoms with Gasteiger partial charge in [-0.15, -0.1) is 0 Å². The van der Waals surface area contributed by atoms with Crippen molar-refractivity contribution in [2.24, 2.45) is 0 Å². The molecule has 0 aromatic heterocycles. The van der Waals surface area contributed by atoms with E-state index in [0.29, 0.717) is 17.8 Å². The molecule has 0 heterocycles. The molecular weight excluding hydrogens is 307 g/mol. The summed E-state index contributed by atoms with van der Waals surface area (Å²) in [4.78, 5) is 0. The van der Waals surface area contributed by atoms with Gasteiger partial charge in [-0.1, -0.05) is 30.3 Å². The molecule has 0 aliphatic heterocycles. The second-order valence-corrected chi connectivity index (χ2v) is 4.86. The summed E-state index contributed by atoms with van der Waals surface area (Å²) in [5.74, 6) is -0.424. The highest BCUT2D eigenvalue weighted by Crippen LogP contribution is 2.26. The molecule has 0 bridgehead atoms. The lowest BCUT2D eigenvalue weighted by Gasteiger charge is -2.09. The Balaban J connectivity index is 2.01. The van der Waals surface area contributed by atoms with E-state index in [0.717, 1.165) is 6.42 Å². The molecule has 2 aromatic carbocycles. The van der Waals surface area contributed by atoms with Gasteiger partial charge in [-0.3, -0.25) is 0 Å². The number of anilines is 1. The van der Waals surface area contributed by atoms with Gasteiger partial charge in [-0.25, -0.2) is 4.39 Å². The molecule has 0 saturated heterocycles. The van der Waals surface area contributed by atoms with Crippen LogP contribution in [0.25, 0.3) is 0 Å². The highest BCUT2D eigenvalue weighted by atomic mass is 79.9. The summed E-state index contributed by atoms with van der Waals surface area (Å²) in [6, 6.07) is 15.1. The van der Waals surface area contributed by atoms with Gasteiger partial charge in [0.15, 0.2) is 5.82 Å². The van der Waals surface area contributed by atoms with Crippen LogP contribution in [0.5, 0.6) is 0 Å². The van der Waals surface area contributed by atoms with Crippen molar-refractivity contribution < 1.29 is 4.39 Å². The van der Waals surface area contributed by atoms with Crippen LogP contribution >= 0.6 is 15.9 Å². The van der Waals surface area contributed by atoms with E-state index in [1.807, 2.05) is 36.4 Å². The number of nitrogens with zero attached hydrogens (tertiary/aromatic N) is 1. The fourth-order valence-electron chi connectivity index (χ4n) is 1.76. The van der Waals surface area contributed by atoms with Gasteiger partial charge in [0.1, 0.15) is 6.07 Å². The molecule has 2 nitrogen and oxygen atoms in total. The molecule has 2 rings (SSSR count). The number of nitriles is 1. The van der Waals surface area contributed by atoms with E-state index in [-0.39, 0.29) is 4.47 Å². The van der Waals surface area contributed by atoms with Crippen molar-refractivity contribution in [3.8, 4) is 6.07 Å². The number of rotatable bonds is 4. The van der Waals surface area contributed by atoms with Gasteiger partial charge in [0.05, 0.1) is 15.7 Å². The Morgan fingerprint density at radius 2 is 1.89 bits per heavy atom. The van der Waals surface area contributed by atoms with E-state index in [1.165, 1.54) is 5.56 Å². The molecule has 0 unspecified atom stereocenters. The first-order chi connectivity index (χ1) is 9.22. The minimum atomic E-state index is -0.424. The normalized spacial score (nSPS) is 9.95. The van der Waals surface area contributed by atoms with Crippen molar-refractivity contribution in [2.75, 3.05) is 11.9 Å². The zero-order chi connectivity index (χ0) is 13.7. The van der Waals surface area contributed by atoms with Gasteiger partial charge in [-0.05, 0) is 40.0 Å². The van der Waals surface area contributed by atoms with Crippen LogP contribution in [0.1, 0.15) is 11.1 Å². The number of nitrogens with one attached hydrogen (secondary N) is 1. The van der Waals surface area contributed by atoms with Crippen molar-refractivity contribution in [3.05, 3.63) is 63.9 Å². The summed E-state index contributed by atoms with van der Waals surface area (Å²) < 4.78 is 14.1. The largest absolute Gasteiger partial charge is 0.382 e. The van der Waals surface area contributed by atoms with Crippen LogP contribution in [-0.2, 0) is 6.42 Å². The fourth-order valence-corrected chi connectivity index (χ4v) is 2.19. The molecule has 0 saturated carbocycles. The van der Waals surface area contributed by atoms with E-state index in [4.69, 9.17) is 5.26 Å². The summed E-state index contributed by atoms with van der Waals surface area (Å²) in [5, 5.41) is 11.8. The SMILES string of the molecule is N#Cc1ccc(NCCc2ccccc2)c(F)c1Br. The van der Waals surface area contributed by atoms with Gasteiger partial charge in [0, 0.05) is 6.54 Å². The van der Waals surface area contributed by atoms with Crippen molar-refractivity contribution in [2.45, 2.75) is 6.42 Å². The van der Waals surface area contributed by atoms with Crippen LogP contribution in [-0.4, -0.2) is 6.54 Å². The molecule has 0 amide bonds. The number of benzene rings is 2. The van der Waals surface area contributed by atoms with E-state index in [1.54, 1.807) is 12.1 Å². The average Bonchev–Trinajstić information content (AvgIpc) is 2.45. The highest BCUT2D eigenvalue weighted by molar-refractivity contribution is 9.10. The Morgan fingerprint density at radius 3 is 2.58 bits per heavy atom. The molecular formula is C15H12BrFN2. The smallest absolute Gasteiger partial charge is 0.161 e. The molecule has 1 N–H and O–H groups in total. The zero-order valence-electron chi connectivity index (χ0n) is 10.2. The summed E-state index contributed by atoms with van der Waals surface area (Å²) in [7, 11) is 0. The molecule has 0 aliphatic rings. The second-order valence-electron chi connectivity index (χ2n) is 4.06. The van der Waals surface area contributed by atoms with Crippen molar-refractivity contribution in [1.29, 1.82) is 5.26 Å². The number of hydrogen-bond donors (Lipinski definition) is 1. The standard InChI is InChI=1S/C15H12BrFN2/c16-14-12(10-18)6-7-13(15(14)17)19-9-8-11-4-2-1-3-5-11/h1-7,19H,8-9H2. The Kier molecular flexibility index (Phi) is 4.53. The lowest BCUT2D eigenvalue weighted by molar-refractivity contribution is 0.623. The third kappa shape index (κ3) is 3.33. The maximum atomic E-state index is 13.9. The molecule has 96 valence electrons. The molecule has 0 radical (unpaired) electrons. The van der Waals surface area contributed by atoms with E-state index in [2.05, 4.69) is 21.2 Å². The van der Waals surface area contributed by atoms with Gasteiger partial charge in [0.2, 0.25) is 0 Å². The van der Waals surface area contributed by atoms with Crippen LogP contribution in [0.15, 0.2) is 46.9 Å². The summed E-state index contributed by atoms with van der Waals surface area (Å²) >= 11 is 3.09. The minimum absolute atomic E-state index is 0.208. The first-order valence-corrected chi connectivity index (χ1v) is 6.67. The van der Waals surface area contributed by atoms with Gasteiger partial charge >= 0.3 is 0 Å². The fraction of sp³-hybridized carbons (Fsp3) is 0.133. The number of halogens is 2. The summed E-state index contributed by atoms with van der Waals surface area (Å²) in [5.41, 5.74) is 1.90. The van der Waals surface area contributed by atoms with Crippen molar-refractivity contribution in [1.82, 2.24) is 0 Å². The van der Waals surface area contributed by atoms with Gasteiger partial charge in [0.25, 0.3) is 0 Å². The maximum Gasteiger partial charge on any atom is 0.161 e. The monoisotopic (exact) mass is 318 g/mol. The van der Waals surface area contributed by atoms with Crippen LogP contribution < -0.4 is 5.32 Å². The van der Waals surface area contributed by atoms with Crippen LogP contribution in [0.2, 0.25) is 0 Å². The third-order valence-corrected chi connectivity index (χ3v) is 3.55. The van der Waals surface area contributed by atoms with E-state index >= 15 is 0 Å². The zero-order valence-corrected chi connectivity index (χ0v) is 11.7. The highest BCUT2D eigenvalue weighted by Gasteiger charge is 2.10. The Hall–Kier alpha value is -1.86. The molecule has 2 aromatic rings. The molecule has 0 fully saturated rings. The van der Waals surface area contributed by atoms with Gasteiger partial charge in [-0.2, -0.15) is 5.26 Å². The van der Waals surface area contributed by atoms with Crippen LogP contribution in [0, 0.1) is 17.1 Å². The summed E-state index contributed by atoms with van der Waals surface area (Å²) in [6.45, 7) is 0.638. The van der Waals surface area contributed by atoms with Crippen molar-refractivity contribution >= 4 is 21.6 Å². The lowest BCUT2D eigenvalue weighted by atomic mass is 10.1. The quantitative estimate of drug-likeness (QED) is 0.920. The second kappa shape index (κ2) is 6.35. The molecule has 0 atom stereocenters. The molecule has 19 heavy (non-hydrogen) atoms. The Bertz CT molecular complexity index is 606. The Morgan fingerprint density at radius 1 is 1.16 bits per heavy atom. The van der Waals surface area contributed by atoms with E-state index in [9.17, 15) is 4.39 Å². The maximum absolute atomic E-state index is 13.9.